The van der Waals surface area contributed by atoms with Crippen molar-refractivity contribution in [3.8, 4) is 0 Å². The largest absolute Gasteiger partial charge is 0.425 e. The van der Waals surface area contributed by atoms with E-state index in [1.54, 1.807) is 26.0 Å². The smallest absolute Gasteiger partial charge is 0.376 e. The van der Waals surface area contributed by atoms with Crippen LogP contribution in [-0.2, 0) is 19.7 Å². The fourth-order valence-corrected chi connectivity index (χ4v) is 5.38. The highest BCUT2D eigenvalue weighted by atomic mass is 19.4. The standard InChI is InChI=1S/C27H33F3N2O4/c1-24(2,3)17-10-8-16(9-11-17)22(34)31-26(27(28,29)30)21-19(13-25(4,5)14-20(21)33)32(23(26)35)15-18-7-6-12-36-18/h8-11,18H,6-7,12-15H2,1-5H3,(H,31,34)/t18-,26-/m1/s1. The summed E-state index contributed by atoms with van der Waals surface area (Å²) in [6, 6.07) is 6.22. The number of ether oxygens (including phenoxy) is 1. The predicted octanol–water partition coefficient (Wildman–Crippen LogP) is 4.68. The Morgan fingerprint density at radius 1 is 1.11 bits per heavy atom. The summed E-state index contributed by atoms with van der Waals surface area (Å²) in [6.45, 7) is 9.88. The van der Waals surface area contributed by atoms with Crippen LogP contribution >= 0.6 is 0 Å². The molecule has 0 spiro atoms. The number of benzene rings is 1. The fourth-order valence-electron chi connectivity index (χ4n) is 5.38. The number of amides is 2. The number of Topliss-reactive ketones (excluding diaryl/α,β-unsaturated/α-hetero) is 1. The molecule has 2 amide bonds. The van der Waals surface area contributed by atoms with Crippen LogP contribution in [0.3, 0.4) is 0 Å². The number of hydrogen-bond acceptors (Lipinski definition) is 4. The summed E-state index contributed by atoms with van der Waals surface area (Å²) in [4.78, 5) is 41.1. The lowest BCUT2D eigenvalue weighted by Crippen LogP contribution is -2.66. The van der Waals surface area contributed by atoms with Crippen LogP contribution in [0.15, 0.2) is 35.5 Å². The van der Waals surface area contributed by atoms with Gasteiger partial charge in [-0.05, 0) is 47.8 Å². The normalized spacial score (nSPS) is 26.4. The maximum Gasteiger partial charge on any atom is 0.425 e. The molecule has 1 saturated heterocycles. The highest BCUT2D eigenvalue weighted by Gasteiger charge is 2.71. The third-order valence-corrected chi connectivity index (χ3v) is 7.27. The topological polar surface area (TPSA) is 75.7 Å². The highest BCUT2D eigenvalue weighted by molar-refractivity contribution is 6.14. The lowest BCUT2D eigenvalue weighted by atomic mass is 9.72. The van der Waals surface area contributed by atoms with Crippen LogP contribution in [0.1, 0.15) is 76.2 Å². The first-order valence-electron chi connectivity index (χ1n) is 12.3. The molecule has 196 valence electrons. The SMILES string of the molecule is CC1(C)CC(=O)C2=C(C1)N(C[C@H]1CCCO1)C(=O)[C@@]2(NC(=O)c1ccc(C(C)(C)C)cc1)C(F)(F)F. The number of hydrogen-bond donors (Lipinski definition) is 1. The van der Waals surface area contributed by atoms with E-state index in [1.165, 1.54) is 12.1 Å². The van der Waals surface area contributed by atoms with Crippen LogP contribution in [0.25, 0.3) is 0 Å². The van der Waals surface area contributed by atoms with Crippen molar-refractivity contribution >= 4 is 17.6 Å². The molecule has 9 heteroatoms. The van der Waals surface area contributed by atoms with Crippen molar-refractivity contribution in [2.45, 2.75) is 83.5 Å². The first-order chi connectivity index (χ1) is 16.6. The molecular weight excluding hydrogens is 473 g/mol. The molecule has 1 aromatic carbocycles. The molecule has 6 nitrogen and oxygen atoms in total. The van der Waals surface area contributed by atoms with E-state index in [9.17, 15) is 27.6 Å². The Morgan fingerprint density at radius 3 is 2.28 bits per heavy atom. The lowest BCUT2D eigenvalue weighted by molar-refractivity contribution is -0.191. The summed E-state index contributed by atoms with van der Waals surface area (Å²) in [5.74, 6) is -3.18. The zero-order valence-electron chi connectivity index (χ0n) is 21.3. The van der Waals surface area contributed by atoms with Gasteiger partial charge < -0.3 is 15.0 Å². The molecule has 2 atom stereocenters. The van der Waals surface area contributed by atoms with Crippen molar-refractivity contribution in [2.24, 2.45) is 5.41 Å². The molecule has 0 unspecified atom stereocenters. The number of rotatable bonds is 4. The Hall–Kier alpha value is -2.68. The van der Waals surface area contributed by atoms with Crippen LogP contribution in [0, 0.1) is 5.41 Å². The van der Waals surface area contributed by atoms with E-state index in [0.29, 0.717) is 13.0 Å². The van der Waals surface area contributed by atoms with Gasteiger partial charge in [-0.15, -0.1) is 0 Å². The molecule has 1 N–H and O–H groups in total. The van der Waals surface area contributed by atoms with Crippen LogP contribution in [0.5, 0.6) is 0 Å². The molecule has 1 aromatic rings. The zero-order valence-corrected chi connectivity index (χ0v) is 21.3. The van der Waals surface area contributed by atoms with Gasteiger partial charge in [-0.1, -0.05) is 46.8 Å². The quantitative estimate of drug-likeness (QED) is 0.644. The minimum Gasteiger partial charge on any atom is -0.376 e. The van der Waals surface area contributed by atoms with Gasteiger partial charge in [-0.2, -0.15) is 13.2 Å². The van der Waals surface area contributed by atoms with Gasteiger partial charge in [-0.3, -0.25) is 14.4 Å². The molecular formula is C27H33F3N2O4. The molecule has 4 rings (SSSR count). The minimum atomic E-state index is -5.23. The zero-order chi connectivity index (χ0) is 26.7. The molecule has 1 fully saturated rings. The summed E-state index contributed by atoms with van der Waals surface area (Å²) in [5.41, 5.74) is -4.02. The monoisotopic (exact) mass is 506 g/mol. The molecule has 2 aliphatic heterocycles. The van der Waals surface area contributed by atoms with Gasteiger partial charge in [0.05, 0.1) is 18.2 Å². The Morgan fingerprint density at radius 2 is 1.75 bits per heavy atom. The second-order valence-electron chi connectivity index (χ2n) is 11.8. The Labute approximate surface area is 209 Å². The number of halogens is 3. The number of carbonyl (C=O) groups is 3. The second kappa shape index (κ2) is 8.71. The van der Waals surface area contributed by atoms with Gasteiger partial charge in [-0.25, -0.2) is 0 Å². The lowest BCUT2D eigenvalue weighted by Gasteiger charge is -2.35. The van der Waals surface area contributed by atoms with Gasteiger partial charge >= 0.3 is 6.18 Å². The van der Waals surface area contributed by atoms with Crippen LogP contribution < -0.4 is 5.32 Å². The number of allylic oxidation sites excluding steroid dienone is 1. The van der Waals surface area contributed by atoms with E-state index < -0.39 is 46.4 Å². The molecule has 3 aliphatic rings. The molecule has 36 heavy (non-hydrogen) atoms. The van der Waals surface area contributed by atoms with E-state index >= 15 is 0 Å². The van der Waals surface area contributed by atoms with E-state index in [4.69, 9.17) is 4.74 Å². The first-order valence-corrected chi connectivity index (χ1v) is 12.3. The van der Waals surface area contributed by atoms with E-state index in [1.807, 2.05) is 26.1 Å². The molecule has 1 aliphatic carbocycles. The molecule has 2 heterocycles. The van der Waals surface area contributed by atoms with Crippen molar-refractivity contribution in [1.82, 2.24) is 10.2 Å². The van der Waals surface area contributed by atoms with Crippen LogP contribution in [0.4, 0.5) is 13.2 Å². The molecule has 0 saturated carbocycles. The van der Waals surface area contributed by atoms with Gasteiger partial charge in [0.1, 0.15) is 0 Å². The molecule has 0 bridgehead atoms. The molecule has 0 aromatic heterocycles. The summed E-state index contributed by atoms with van der Waals surface area (Å²) in [6.07, 6.45) is -4.34. The number of carbonyl (C=O) groups excluding carboxylic acids is 3. The van der Waals surface area contributed by atoms with Crippen molar-refractivity contribution < 1.29 is 32.3 Å². The van der Waals surface area contributed by atoms with Crippen molar-refractivity contribution in [2.75, 3.05) is 13.2 Å². The van der Waals surface area contributed by atoms with E-state index in [0.717, 1.165) is 16.9 Å². The maximum atomic E-state index is 14.9. The molecule has 0 radical (unpaired) electrons. The Balaban J connectivity index is 1.79. The van der Waals surface area contributed by atoms with Crippen molar-refractivity contribution in [1.29, 1.82) is 0 Å². The Kier molecular flexibility index (Phi) is 6.39. The van der Waals surface area contributed by atoms with Crippen LogP contribution in [0.2, 0.25) is 0 Å². The minimum absolute atomic E-state index is 0.0252. The van der Waals surface area contributed by atoms with Crippen molar-refractivity contribution in [3.05, 3.63) is 46.7 Å². The van der Waals surface area contributed by atoms with E-state index in [-0.39, 0.29) is 36.1 Å². The van der Waals surface area contributed by atoms with Gasteiger partial charge in [0.2, 0.25) is 5.54 Å². The summed E-state index contributed by atoms with van der Waals surface area (Å²) < 4.78 is 50.3. The summed E-state index contributed by atoms with van der Waals surface area (Å²) in [5, 5.41) is 1.99. The van der Waals surface area contributed by atoms with Gasteiger partial charge in [0.25, 0.3) is 11.8 Å². The predicted molar refractivity (Wildman–Crippen MR) is 127 cm³/mol. The summed E-state index contributed by atoms with van der Waals surface area (Å²) >= 11 is 0. The number of alkyl halides is 3. The first kappa shape index (κ1) is 26.4. The highest BCUT2D eigenvalue weighted by Crippen LogP contribution is 2.52. The average molecular weight is 507 g/mol. The Bertz CT molecular complexity index is 1110. The van der Waals surface area contributed by atoms with Crippen molar-refractivity contribution in [3.63, 3.8) is 0 Å². The third-order valence-electron chi connectivity index (χ3n) is 7.27. The third kappa shape index (κ3) is 4.46. The van der Waals surface area contributed by atoms with E-state index in [2.05, 4.69) is 0 Å². The fraction of sp³-hybridized carbons (Fsp3) is 0.593. The number of nitrogens with one attached hydrogen (secondary N) is 1. The van der Waals surface area contributed by atoms with Gasteiger partial charge in [0.15, 0.2) is 5.78 Å². The second-order valence-corrected chi connectivity index (χ2v) is 11.8. The number of ketones is 1. The average Bonchev–Trinajstić information content (AvgIpc) is 3.33. The summed E-state index contributed by atoms with van der Waals surface area (Å²) in [7, 11) is 0. The number of nitrogens with zero attached hydrogens (tertiary/aromatic N) is 1. The van der Waals surface area contributed by atoms with Crippen LogP contribution in [-0.4, -0.2) is 53.5 Å². The maximum absolute atomic E-state index is 14.9. The van der Waals surface area contributed by atoms with Gasteiger partial charge in [0, 0.05) is 24.3 Å².